The zero-order chi connectivity index (χ0) is 15.6. The highest BCUT2D eigenvalue weighted by atomic mass is 32.2. The van der Waals surface area contributed by atoms with Gasteiger partial charge in [0.25, 0.3) is 5.16 Å². The molecule has 0 bridgehead atoms. The van der Waals surface area contributed by atoms with E-state index in [1.54, 1.807) is 4.90 Å². The van der Waals surface area contributed by atoms with Crippen molar-refractivity contribution in [2.45, 2.75) is 56.5 Å². The number of hydrogen-bond acceptors (Lipinski definition) is 5. The quantitative estimate of drug-likeness (QED) is 0.828. The van der Waals surface area contributed by atoms with E-state index in [0.29, 0.717) is 13.1 Å². The third-order valence-electron chi connectivity index (χ3n) is 3.83. The van der Waals surface area contributed by atoms with Crippen molar-refractivity contribution in [2.75, 3.05) is 13.1 Å². The maximum absolute atomic E-state index is 12.6. The van der Waals surface area contributed by atoms with Crippen LogP contribution in [0.4, 0.5) is 0 Å². The van der Waals surface area contributed by atoms with E-state index < -0.39 is 15.1 Å². The minimum Gasteiger partial charge on any atom is -0.342 e. The van der Waals surface area contributed by atoms with Gasteiger partial charge in [0.1, 0.15) is 11.6 Å². The topological polar surface area (TPSA) is 85.2 Å². The molecule has 1 saturated heterocycles. The van der Waals surface area contributed by atoms with Crippen molar-refractivity contribution in [1.29, 1.82) is 0 Å². The molecule has 2 heterocycles. The number of carbonyl (C=O) groups is 1. The summed E-state index contributed by atoms with van der Waals surface area (Å²) >= 11 is 0. The van der Waals surface area contributed by atoms with Gasteiger partial charge in [-0.15, -0.1) is 10.2 Å². The highest BCUT2D eigenvalue weighted by Crippen LogP contribution is 2.20. The molecule has 1 aromatic heterocycles. The largest absolute Gasteiger partial charge is 0.342 e. The second-order valence-electron chi connectivity index (χ2n) is 5.69. The second kappa shape index (κ2) is 6.13. The first-order chi connectivity index (χ1) is 9.85. The first-order valence-corrected chi connectivity index (χ1v) is 8.82. The zero-order valence-corrected chi connectivity index (χ0v) is 13.5. The molecule has 0 radical (unpaired) electrons. The summed E-state index contributed by atoms with van der Waals surface area (Å²) in [6.07, 6.45) is 4.34. The molecule has 1 fully saturated rings. The van der Waals surface area contributed by atoms with Crippen molar-refractivity contribution in [3.05, 3.63) is 6.33 Å². The Kier molecular flexibility index (Phi) is 4.65. The van der Waals surface area contributed by atoms with Gasteiger partial charge in [-0.2, -0.15) is 0 Å². The molecule has 1 aliphatic heterocycles. The van der Waals surface area contributed by atoms with Crippen molar-refractivity contribution >= 4 is 15.7 Å². The predicted octanol–water partition coefficient (Wildman–Crippen LogP) is 1.03. The van der Waals surface area contributed by atoms with Crippen LogP contribution in [-0.4, -0.2) is 52.3 Å². The van der Waals surface area contributed by atoms with Crippen LogP contribution in [0.1, 0.15) is 46.1 Å². The van der Waals surface area contributed by atoms with Crippen LogP contribution in [0.2, 0.25) is 0 Å². The third kappa shape index (κ3) is 3.09. The predicted molar refractivity (Wildman–Crippen MR) is 77.5 cm³/mol. The van der Waals surface area contributed by atoms with Gasteiger partial charge in [-0.05, 0) is 40.0 Å². The van der Waals surface area contributed by atoms with E-state index >= 15 is 0 Å². The molecule has 2 rings (SSSR count). The molecule has 1 aromatic rings. The molecule has 118 valence electrons. The average molecular weight is 314 g/mol. The van der Waals surface area contributed by atoms with Gasteiger partial charge in [0.15, 0.2) is 0 Å². The molecule has 0 aromatic carbocycles. The molecular formula is C13H22N4O3S. The number of piperidine rings is 1. The van der Waals surface area contributed by atoms with Gasteiger partial charge in [-0.1, -0.05) is 0 Å². The fraction of sp³-hybridized carbons (Fsp3) is 0.769. The molecule has 1 unspecified atom stereocenters. The van der Waals surface area contributed by atoms with Crippen molar-refractivity contribution in [2.24, 2.45) is 0 Å². The summed E-state index contributed by atoms with van der Waals surface area (Å²) in [7, 11) is -3.82. The van der Waals surface area contributed by atoms with Gasteiger partial charge in [-0.3, -0.25) is 4.79 Å². The number of carbonyl (C=O) groups excluding carboxylic acids is 1. The van der Waals surface area contributed by atoms with Crippen LogP contribution in [0.3, 0.4) is 0 Å². The molecule has 21 heavy (non-hydrogen) atoms. The summed E-state index contributed by atoms with van der Waals surface area (Å²) in [4.78, 5) is 14.1. The van der Waals surface area contributed by atoms with Gasteiger partial charge in [0.05, 0.1) is 0 Å². The van der Waals surface area contributed by atoms with Crippen molar-refractivity contribution in [3.8, 4) is 0 Å². The fourth-order valence-corrected chi connectivity index (χ4v) is 3.90. The van der Waals surface area contributed by atoms with E-state index in [1.807, 2.05) is 13.8 Å². The van der Waals surface area contributed by atoms with Crippen molar-refractivity contribution in [3.63, 3.8) is 0 Å². The molecule has 0 aliphatic carbocycles. The summed E-state index contributed by atoms with van der Waals surface area (Å²) in [5, 5.41) is 6.13. The highest BCUT2D eigenvalue weighted by Gasteiger charge is 2.37. The van der Waals surface area contributed by atoms with E-state index in [9.17, 15) is 13.2 Å². The summed E-state index contributed by atoms with van der Waals surface area (Å²) < 4.78 is 26.7. The third-order valence-corrected chi connectivity index (χ3v) is 5.77. The zero-order valence-electron chi connectivity index (χ0n) is 12.7. The van der Waals surface area contributed by atoms with Gasteiger partial charge in [0, 0.05) is 19.1 Å². The van der Waals surface area contributed by atoms with Crippen LogP contribution in [0.5, 0.6) is 0 Å². The first-order valence-electron chi connectivity index (χ1n) is 7.28. The van der Waals surface area contributed by atoms with Gasteiger partial charge >= 0.3 is 0 Å². The van der Waals surface area contributed by atoms with Gasteiger partial charge < -0.3 is 9.47 Å². The van der Waals surface area contributed by atoms with Gasteiger partial charge in [0.2, 0.25) is 15.7 Å². The monoisotopic (exact) mass is 314 g/mol. The lowest BCUT2D eigenvalue weighted by atomic mass is 10.1. The number of nitrogens with zero attached hydrogens (tertiary/aromatic N) is 4. The molecule has 7 nitrogen and oxygen atoms in total. The maximum atomic E-state index is 12.6. The number of rotatable bonds is 4. The molecular weight excluding hydrogens is 292 g/mol. The van der Waals surface area contributed by atoms with Crippen LogP contribution in [0.15, 0.2) is 11.5 Å². The van der Waals surface area contributed by atoms with Crippen LogP contribution in [-0.2, 0) is 14.6 Å². The Balaban J connectivity index is 2.25. The van der Waals surface area contributed by atoms with E-state index in [1.165, 1.54) is 17.8 Å². The molecule has 1 atom stereocenters. The number of sulfone groups is 1. The van der Waals surface area contributed by atoms with Crippen LogP contribution in [0.25, 0.3) is 0 Å². The average Bonchev–Trinajstić information content (AvgIpc) is 2.97. The molecule has 1 aliphatic rings. The summed E-state index contributed by atoms with van der Waals surface area (Å²) in [6.45, 7) is 6.40. The Morgan fingerprint density at radius 2 is 1.81 bits per heavy atom. The van der Waals surface area contributed by atoms with Crippen LogP contribution in [0, 0.1) is 0 Å². The maximum Gasteiger partial charge on any atom is 0.250 e. The minimum atomic E-state index is -3.82. The number of aromatic nitrogens is 3. The SMILES string of the molecule is CC(C)n1cnnc1S(=O)(=O)C(C)C(=O)N1CCCCC1. The highest BCUT2D eigenvalue weighted by molar-refractivity contribution is 7.92. The fourth-order valence-electron chi connectivity index (χ4n) is 2.45. The Morgan fingerprint density at radius 1 is 1.19 bits per heavy atom. The summed E-state index contributed by atoms with van der Waals surface area (Å²) in [5.74, 6) is -0.340. The van der Waals surface area contributed by atoms with Crippen LogP contribution < -0.4 is 0 Å². The molecule has 0 saturated carbocycles. The van der Waals surface area contributed by atoms with E-state index in [4.69, 9.17) is 0 Å². The number of likely N-dealkylation sites (tertiary alicyclic amines) is 1. The molecule has 0 N–H and O–H groups in total. The summed E-state index contributed by atoms with van der Waals surface area (Å²) in [5.41, 5.74) is 0. The molecule has 0 spiro atoms. The lowest BCUT2D eigenvalue weighted by Gasteiger charge is -2.29. The Morgan fingerprint density at radius 3 is 2.38 bits per heavy atom. The summed E-state index contributed by atoms with van der Waals surface area (Å²) in [6, 6.07) is -0.0814. The van der Waals surface area contributed by atoms with E-state index in [-0.39, 0.29) is 17.1 Å². The van der Waals surface area contributed by atoms with Crippen LogP contribution >= 0.6 is 0 Å². The standard InChI is InChI=1S/C13H22N4O3S/c1-10(2)17-9-14-15-13(17)21(19,20)11(3)12(18)16-7-5-4-6-8-16/h9-11H,4-8H2,1-3H3. The molecule has 8 heteroatoms. The van der Waals surface area contributed by atoms with Crippen molar-refractivity contribution < 1.29 is 13.2 Å². The molecule has 1 amide bonds. The Labute approximate surface area is 125 Å². The Hall–Kier alpha value is -1.44. The van der Waals surface area contributed by atoms with E-state index in [0.717, 1.165) is 19.3 Å². The van der Waals surface area contributed by atoms with E-state index in [2.05, 4.69) is 10.2 Å². The minimum absolute atomic E-state index is 0.0814. The lowest BCUT2D eigenvalue weighted by molar-refractivity contribution is -0.131. The normalized spacial score (nSPS) is 18.0. The first kappa shape index (κ1) is 15.9. The lowest BCUT2D eigenvalue weighted by Crippen LogP contribution is -2.44. The second-order valence-corrected chi connectivity index (χ2v) is 7.85. The Bertz CT molecular complexity index is 603. The number of hydrogen-bond donors (Lipinski definition) is 0. The van der Waals surface area contributed by atoms with Gasteiger partial charge in [-0.25, -0.2) is 8.42 Å². The number of amides is 1. The van der Waals surface area contributed by atoms with Crippen molar-refractivity contribution in [1.82, 2.24) is 19.7 Å². The smallest absolute Gasteiger partial charge is 0.250 e.